The van der Waals surface area contributed by atoms with Crippen LogP contribution in [0.15, 0.2) is 35.9 Å². The molecule has 1 aromatic rings. The van der Waals surface area contributed by atoms with Crippen molar-refractivity contribution in [3.8, 4) is 0 Å². The van der Waals surface area contributed by atoms with Crippen LogP contribution in [0, 0.1) is 11.8 Å². The van der Waals surface area contributed by atoms with Gasteiger partial charge in [0, 0.05) is 6.54 Å². The highest BCUT2D eigenvalue weighted by Crippen LogP contribution is 2.50. The number of nitrogens with zero attached hydrogens (tertiary/aromatic N) is 1. The summed E-state index contributed by atoms with van der Waals surface area (Å²) in [5, 5.41) is 0. The zero-order chi connectivity index (χ0) is 13.2. The molecular formula is C18H25N. The lowest BCUT2D eigenvalue weighted by molar-refractivity contribution is 0.418. The van der Waals surface area contributed by atoms with Crippen molar-refractivity contribution in [1.82, 2.24) is 4.90 Å². The van der Waals surface area contributed by atoms with Gasteiger partial charge in [-0.3, -0.25) is 0 Å². The maximum absolute atomic E-state index is 2.30. The van der Waals surface area contributed by atoms with Gasteiger partial charge in [0.1, 0.15) is 0 Å². The zero-order valence-electron chi connectivity index (χ0n) is 12.2. The van der Waals surface area contributed by atoms with Gasteiger partial charge in [-0.2, -0.15) is 0 Å². The maximum Gasteiger partial charge on any atom is 0.00159 e. The van der Waals surface area contributed by atoms with E-state index in [4.69, 9.17) is 0 Å². The third-order valence-electron chi connectivity index (χ3n) is 4.86. The van der Waals surface area contributed by atoms with E-state index in [-0.39, 0.29) is 0 Å². The van der Waals surface area contributed by atoms with E-state index in [2.05, 4.69) is 49.3 Å². The second-order valence-corrected chi connectivity index (χ2v) is 6.50. The quantitative estimate of drug-likeness (QED) is 0.779. The molecule has 0 N–H and O–H groups in total. The number of fused-ring (bicyclic) bond motifs is 2. The summed E-state index contributed by atoms with van der Waals surface area (Å²) in [4.78, 5) is 2.30. The topological polar surface area (TPSA) is 3.24 Å². The van der Waals surface area contributed by atoms with Crippen LogP contribution in [0.4, 0.5) is 0 Å². The molecule has 102 valence electrons. The summed E-state index contributed by atoms with van der Waals surface area (Å²) < 4.78 is 0. The first-order chi connectivity index (χ1) is 9.24. The Morgan fingerprint density at radius 2 is 1.95 bits per heavy atom. The molecule has 19 heavy (non-hydrogen) atoms. The van der Waals surface area contributed by atoms with Gasteiger partial charge in [-0.25, -0.2) is 0 Å². The molecule has 1 heteroatoms. The number of hydrogen-bond donors (Lipinski definition) is 0. The molecule has 2 atom stereocenters. The fraction of sp³-hybridized carbons (Fsp3) is 0.556. The molecule has 3 rings (SSSR count). The molecule has 1 aromatic carbocycles. The normalized spacial score (nSPS) is 28.2. The van der Waals surface area contributed by atoms with Gasteiger partial charge >= 0.3 is 0 Å². The SMILES string of the molecule is CN(C)CC/C(=C1\CC2CCC1C2)c1ccccc1. The van der Waals surface area contributed by atoms with Gasteiger partial charge in [0.15, 0.2) is 0 Å². The van der Waals surface area contributed by atoms with E-state index in [0.717, 1.165) is 18.4 Å². The van der Waals surface area contributed by atoms with E-state index in [1.807, 2.05) is 0 Å². The summed E-state index contributed by atoms with van der Waals surface area (Å²) in [5.41, 5.74) is 4.91. The summed E-state index contributed by atoms with van der Waals surface area (Å²) in [5.74, 6) is 1.90. The Bertz CT molecular complexity index is 458. The van der Waals surface area contributed by atoms with Crippen LogP contribution in [0.2, 0.25) is 0 Å². The lowest BCUT2D eigenvalue weighted by Gasteiger charge is -2.21. The summed E-state index contributed by atoms with van der Waals surface area (Å²) in [6, 6.07) is 11.1. The third kappa shape index (κ3) is 2.76. The molecule has 2 aliphatic carbocycles. The van der Waals surface area contributed by atoms with Gasteiger partial charge in [0.25, 0.3) is 0 Å². The largest absolute Gasteiger partial charge is 0.309 e. The molecule has 1 nitrogen and oxygen atoms in total. The van der Waals surface area contributed by atoms with Crippen molar-refractivity contribution >= 4 is 5.57 Å². The lowest BCUT2D eigenvalue weighted by atomic mass is 9.86. The fourth-order valence-electron chi connectivity index (χ4n) is 3.89. The van der Waals surface area contributed by atoms with E-state index >= 15 is 0 Å². The number of benzene rings is 1. The number of allylic oxidation sites excluding steroid dienone is 1. The highest BCUT2D eigenvalue weighted by molar-refractivity contribution is 5.70. The molecule has 2 saturated carbocycles. The van der Waals surface area contributed by atoms with Gasteiger partial charge in [0.05, 0.1) is 0 Å². The van der Waals surface area contributed by atoms with E-state index in [0.29, 0.717) is 0 Å². The average Bonchev–Trinajstić information content (AvgIpc) is 3.02. The van der Waals surface area contributed by atoms with Crippen LogP contribution in [0.3, 0.4) is 0 Å². The summed E-state index contributed by atoms with van der Waals surface area (Å²) in [6.45, 7) is 1.16. The van der Waals surface area contributed by atoms with Crippen molar-refractivity contribution in [2.75, 3.05) is 20.6 Å². The Balaban J connectivity index is 1.90. The molecule has 0 amide bonds. The van der Waals surface area contributed by atoms with Crippen molar-refractivity contribution in [2.45, 2.75) is 32.1 Å². The van der Waals surface area contributed by atoms with Crippen molar-refractivity contribution in [1.29, 1.82) is 0 Å². The molecule has 0 saturated heterocycles. The van der Waals surface area contributed by atoms with E-state index < -0.39 is 0 Å². The minimum atomic E-state index is 0.905. The summed E-state index contributed by atoms with van der Waals surface area (Å²) in [6.07, 6.45) is 6.97. The maximum atomic E-state index is 2.30. The number of rotatable bonds is 4. The predicted molar refractivity (Wildman–Crippen MR) is 82.0 cm³/mol. The molecule has 0 aromatic heterocycles. The van der Waals surface area contributed by atoms with Gasteiger partial charge < -0.3 is 4.90 Å². The summed E-state index contributed by atoms with van der Waals surface area (Å²) >= 11 is 0. The van der Waals surface area contributed by atoms with Gasteiger partial charge in [-0.1, -0.05) is 35.9 Å². The fourth-order valence-corrected chi connectivity index (χ4v) is 3.89. The molecule has 2 unspecified atom stereocenters. The van der Waals surface area contributed by atoms with Crippen molar-refractivity contribution in [3.63, 3.8) is 0 Å². The van der Waals surface area contributed by atoms with Crippen molar-refractivity contribution in [2.24, 2.45) is 11.8 Å². The molecule has 2 fully saturated rings. The Kier molecular flexibility index (Phi) is 3.74. The Hall–Kier alpha value is -1.08. The molecule has 0 spiro atoms. The Labute approximate surface area is 117 Å². The zero-order valence-corrected chi connectivity index (χ0v) is 12.2. The van der Waals surface area contributed by atoms with Gasteiger partial charge in [0.2, 0.25) is 0 Å². The molecule has 2 aliphatic rings. The van der Waals surface area contributed by atoms with Crippen LogP contribution in [-0.4, -0.2) is 25.5 Å². The smallest absolute Gasteiger partial charge is 0.00159 e. The minimum absolute atomic E-state index is 0.905. The van der Waals surface area contributed by atoms with Crippen molar-refractivity contribution in [3.05, 3.63) is 41.5 Å². The second-order valence-electron chi connectivity index (χ2n) is 6.50. The third-order valence-corrected chi connectivity index (χ3v) is 4.86. The molecular weight excluding hydrogens is 230 g/mol. The van der Waals surface area contributed by atoms with E-state index in [1.165, 1.54) is 37.7 Å². The van der Waals surface area contributed by atoms with Crippen LogP contribution in [-0.2, 0) is 0 Å². The molecule has 2 bridgehead atoms. The highest BCUT2D eigenvalue weighted by atomic mass is 15.0. The van der Waals surface area contributed by atoms with E-state index in [9.17, 15) is 0 Å². The van der Waals surface area contributed by atoms with Crippen LogP contribution >= 0.6 is 0 Å². The van der Waals surface area contributed by atoms with Gasteiger partial charge in [-0.15, -0.1) is 0 Å². The first kappa shape index (κ1) is 12.9. The molecule has 0 heterocycles. The van der Waals surface area contributed by atoms with Gasteiger partial charge in [-0.05, 0) is 69.2 Å². The molecule has 0 radical (unpaired) electrons. The second kappa shape index (κ2) is 5.50. The van der Waals surface area contributed by atoms with Crippen molar-refractivity contribution < 1.29 is 0 Å². The van der Waals surface area contributed by atoms with Crippen LogP contribution in [0.25, 0.3) is 5.57 Å². The lowest BCUT2D eigenvalue weighted by Crippen LogP contribution is -2.14. The Morgan fingerprint density at radius 3 is 2.53 bits per heavy atom. The van der Waals surface area contributed by atoms with Crippen LogP contribution in [0.1, 0.15) is 37.7 Å². The first-order valence-electron chi connectivity index (χ1n) is 7.66. The highest BCUT2D eigenvalue weighted by Gasteiger charge is 2.36. The van der Waals surface area contributed by atoms with Crippen LogP contribution < -0.4 is 0 Å². The standard InChI is InChI=1S/C18H25N/c1-19(2)11-10-17(15-6-4-3-5-7-15)18-13-14-8-9-16(18)12-14/h3-7,14,16H,8-13H2,1-2H3/b18-17-. The Morgan fingerprint density at radius 1 is 1.16 bits per heavy atom. The first-order valence-corrected chi connectivity index (χ1v) is 7.66. The average molecular weight is 255 g/mol. The summed E-state index contributed by atoms with van der Waals surface area (Å²) in [7, 11) is 4.35. The van der Waals surface area contributed by atoms with Crippen LogP contribution in [0.5, 0.6) is 0 Å². The minimum Gasteiger partial charge on any atom is -0.309 e. The van der Waals surface area contributed by atoms with E-state index in [1.54, 1.807) is 11.1 Å². The predicted octanol–water partition coefficient (Wildman–Crippen LogP) is 4.21. The molecule has 0 aliphatic heterocycles. The monoisotopic (exact) mass is 255 g/mol. The number of hydrogen-bond acceptors (Lipinski definition) is 1.